The van der Waals surface area contributed by atoms with E-state index in [-0.39, 0.29) is 0 Å². The van der Waals surface area contributed by atoms with Crippen molar-refractivity contribution in [1.82, 2.24) is 0 Å². The molecule has 0 amide bonds. The maximum absolute atomic E-state index is 2.49. The lowest BCUT2D eigenvalue weighted by molar-refractivity contribution is -0.00518. The Morgan fingerprint density at radius 3 is 1.04 bits per heavy atom. The van der Waals surface area contributed by atoms with Gasteiger partial charge in [0.2, 0.25) is 0 Å². The minimum absolute atomic E-state index is 0.383. The van der Waals surface area contributed by atoms with Gasteiger partial charge in [0.1, 0.15) is 0 Å². The Morgan fingerprint density at radius 2 is 0.630 bits per heavy atom. The molecule has 6 aliphatic carbocycles. The molecule has 10 aromatic carbocycles. The van der Waals surface area contributed by atoms with Crippen LogP contribution in [0, 0.1) is 17.8 Å². The first-order valence-electron chi connectivity index (χ1n) is 26.8. The summed E-state index contributed by atoms with van der Waals surface area (Å²) in [6.45, 7) is 0. The predicted molar refractivity (Wildman–Crippen MR) is 301 cm³/mol. The fourth-order valence-electron chi connectivity index (χ4n) is 15.9. The van der Waals surface area contributed by atoms with E-state index in [4.69, 9.17) is 0 Å². The van der Waals surface area contributed by atoms with Gasteiger partial charge in [-0.05, 0) is 182 Å². The van der Waals surface area contributed by atoms with E-state index in [0.717, 1.165) is 34.8 Å². The van der Waals surface area contributed by atoms with Gasteiger partial charge in [-0.15, -0.1) is 0 Å². The molecule has 16 rings (SSSR count). The van der Waals surface area contributed by atoms with Gasteiger partial charge >= 0.3 is 0 Å². The summed E-state index contributed by atoms with van der Waals surface area (Å²) in [4.78, 5) is 2.47. The lowest BCUT2D eigenvalue weighted by atomic mass is 9.48. The molecule has 0 spiro atoms. The molecule has 4 saturated carbocycles. The third-order valence-electron chi connectivity index (χ3n) is 18.4. The Bertz CT molecular complexity index is 3390. The van der Waals surface area contributed by atoms with Crippen LogP contribution >= 0.6 is 0 Å². The lowest BCUT2D eigenvalue weighted by Crippen LogP contribution is -2.48. The minimum Gasteiger partial charge on any atom is -0.310 e. The monoisotopic (exact) mass is 935 g/mol. The number of benzene rings is 10. The molecule has 0 saturated heterocycles. The van der Waals surface area contributed by atoms with Crippen LogP contribution in [0.4, 0.5) is 17.1 Å². The molecule has 4 fully saturated rings. The van der Waals surface area contributed by atoms with Crippen molar-refractivity contribution in [2.24, 2.45) is 17.8 Å². The first kappa shape index (κ1) is 42.7. The van der Waals surface area contributed by atoms with Crippen LogP contribution in [-0.2, 0) is 16.2 Å². The average molecular weight is 936 g/mol. The number of anilines is 3. The highest BCUT2D eigenvalue weighted by molar-refractivity contribution is 5.89. The molecule has 6 aliphatic rings. The Morgan fingerprint density at radius 1 is 0.274 bits per heavy atom. The number of nitrogens with zero attached hydrogens (tertiary/aromatic N) is 1. The molecular weight excluding hydrogens is 879 g/mol. The van der Waals surface area contributed by atoms with Crippen LogP contribution in [0.1, 0.15) is 88.6 Å². The summed E-state index contributed by atoms with van der Waals surface area (Å²) in [6.07, 6.45) is 8.57. The van der Waals surface area contributed by atoms with E-state index in [0.29, 0.717) is 5.41 Å². The molecule has 1 nitrogen and oxygen atoms in total. The van der Waals surface area contributed by atoms with Crippen molar-refractivity contribution in [3.8, 4) is 33.4 Å². The second-order valence-corrected chi connectivity index (χ2v) is 22.2. The van der Waals surface area contributed by atoms with Gasteiger partial charge in [0, 0.05) is 17.1 Å². The fraction of sp³-hybridized carbons (Fsp3) is 0.167. The zero-order chi connectivity index (χ0) is 48.1. The maximum Gasteiger partial charge on any atom is 0.0713 e. The van der Waals surface area contributed by atoms with Gasteiger partial charge in [-0.2, -0.15) is 0 Å². The van der Waals surface area contributed by atoms with Crippen molar-refractivity contribution in [3.05, 3.63) is 305 Å². The molecule has 0 heterocycles. The average Bonchev–Trinajstić information content (AvgIpc) is 3.93. The van der Waals surface area contributed by atoms with E-state index >= 15 is 0 Å². The summed E-state index contributed by atoms with van der Waals surface area (Å²) < 4.78 is 0. The van der Waals surface area contributed by atoms with E-state index in [9.17, 15) is 0 Å². The molecule has 0 unspecified atom stereocenters. The van der Waals surface area contributed by atoms with Gasteiger partial charge < -0.3 is 4.90 Å². The van der Waals surface area contributed by atoms with E-state index in [1.165, 1.54) is 116 Å². The van der Waals surface area contributed by atoms with E-state index in [2.05, 4.69) is 260 Å². The summed E-state index contributed by atoms with van der Waals surface area (Å²) in [5, 5.41) is 0. The number of rotatable bonds is 9. The van der Waals surface area contributed by atoms with Crippen LogP contribution in [0.25, 0.3) is 33.4 Å². The molecular formula is C72H57N. The Kier molecular flexibility index (Phi) is 9.65. The van der Waals surface area contributed by atoms with Crippen LogP contribution in [0.15, 0.2) is 255 Å². The van der Waals surface area contributed by atoms with Gasteiger partial charge in [0.15, 0.2) is 0 Å². The first-order chi connectivity index (χ1) is 36.1. The first-order valence-corrected chi connectivity index (χ1v) is 26.8. The molecule has 4 bridgehead atoms. The van der Waals surface area contributed by atoms with Gasteiger partial charge in [0.25, 0.3) is 0 Å². The van der Waals surface area contributed by atoms with Gasteiger partial charge in [-0.1, -0.05) is 218 Å². The highest BCUT2D eigenvalue weighted by atomic mass is 15.1. The highest BCUT2D eigenvalue weighted by Gasteiger charge is 2.52. The van der Waals surface area contributed by atoms with Crippen LogP contribution in [0.5, 0.6) is 0 Å². The van der Waals surface area contributed by atoms with Crippen molar-refractivity contribution in [2.75, 3.05) is 4.90 Å². The lowest BCUT2D eigenvalue weighted by Gasteiger charge is -2.57. The summed E-state index contributed by atoms with van der Waals surface area (Å²) in [5.41, 5.74) is 22.5. The normalized spacial score (nSPS) is 21.0. The second kappa shape index (κ2) is 16.5. The van der Waals surface area contributed by atoms with Gasteiger partial charge in [-0.25, -0.2) is 0 Å². The molecule has 73 heavy (non-hydrogen) atoms. The molecule has 0 aliphatic heterocycles. The van der Waals surface area contributed by atoms with Crippen molar-refractivity contribution >= 4 is 17.1 Å². The summed E-state index contributed by atoms with van der Waals surface area (Å²) in [6, 6.07) is 96.5. The quantitative estimate of drug-likeness (QED) is 0.139. The third-order valence-corrected chi connectivity index (χ3v) is 18.4. The number of fused-ring (bicyclic) bond motifs is 6. The second-order valence-electron chi connectivity index (χ2n) is 22.2. The molecule has 350 valence electrons. The van der Waals surface area contributed by atoms with Crippen molar-refractivity contribution in [3.63, 3.8) is 0 Å². The summed E-state index contributed by atoms with van der Waals surface area (Å²) in [5.74, 6) is 2.79. The topological polar surface area (TPSA) is 3.24 Å². The van der Waals surface area contributed by atoms with Crippen LogP contribution in [0.2, 0.25) is 0 Å². The van der Waals surface area contributed by atoms with E-state index in [1.54, 1.807) is 5.56 Å². The van der Waals surface area contributed by atoms with Crippen LogP contribution in [0.3, 0.4) is 0 Å². The molecule has 0 atom stereocenters. The predicted octanol–water partition coefficient (Wildman–Crippen LogP) is 18.0. The standard InChI is InChI=1S/C72H57N/c1-3-17-55(18-4-1)71(66-26-11-7-22-62(66)63-23-8-12-27-67(63)71)57-34-38-59(39-35-57)73(61-21-15-16-53(45-61)52-30-32-54(33-31-52)70-46-49-42-50(47-70)44-51(43-49)48-70)60-40-36-58(37-41-60)72(56-19-5-2-6-20-56)68-28-13-9-24-64(68)65-25-10-14-29-69(65)72/h1-41,45,49-51H,42-44,46-48H2. The van der Waals surface area contributed by atoms with Crippen molar-refractivity contribution in [2.45, 2.75) is 54.8 Å². The fourth-order valence-corrected chi connectivity index (χ4v) is 15.9. The number of hydrogen-bond acceptors (Lipinski definition) is 1. The van der Waals surface area contributed by atoms with Crippen LogP contribution < -0.4 is 4.90 Å². The number of hydrogen-bond donors (Lipinski definition) is 0. The minimum atomic E-state index is -0.471. The Balaban J connectivity index is 0.873. The van der Waals surface area contributed by atoms with Crippen molar-refractivity contribution in [1.29, 1.82) is 0 Å². The SMILES string of the molecule is c1ccc(C2(c3ccc(N(c4ccc(C5(c6ccccc6)c6ccccc6-c6ccccc65)cc4)c4cccc(-c5ccc(C67CC8CC(CC(C8)C6)C7)cc5)c4)cc3)c3ccccc3-c3ccccc32)cc1. The maximum atomic E-state index is 2.49. The van der Waals surface area contributed by atoms with Gasteiger partial charge in [-0.3, -0.25) is 0 Å². The van der Waals surface area contributed by atoms with Gasteiger partial charge in [0.05, 0.1) is 10.8 Å². The molecule has 0 aromatic heterocycles. The Labute approximate surface area is 430 Å². The smallest absolute Gasteiger partial charge is 0.0713 e. The highest BCUT2D eigenvalue weighted by Crippen LogP contribution is 2.62. The van der Waals surface area contributed by atoms with E-state index in [1.807, 2.05) is 0 Å². The van der Waals surface area contributed by atoms with Crippen molar-refractivity contribution < 1.29 is 0 Å². The largest absolute Gasteiger partial charge is 0.310 e. The van der Waals surface area contributed by atoms with E-state index < -0.39 is 10.8 Å². The summed E-state index contributed by atoms with van der Waals surface area (Å²) >= 11 is 0. The molecule has 10 aromatic rings. The molecule has 0 N–H and O–H groups in total. The molecule has 1 heteroatoms. The molecule has 0 radical (unpaired) electrons. The summed E-state index contributed by atoms with van der Waals surface area (Å²) in [7, 11) is 0. The Hall–Kier alpha value is -8.00. The zero-order valence-corrected chi connectivity index (χ0v) is 41.2. The van der Waals surface area contributed by atoms with Crippen LogP contribution in [-0.4, -0.2) is 0 Å². The third kappa shape index (κ3) is 6.34. The zero-order valence-electron chi connectivity index (χ0n) is 41.2.